The van der Waals surface area contributed by atoms with Gasteiger partial charge in [0, 0.05) is 38.8 Å². The van der Waals surface area contributed by atoms with Crippen molar-refractivity contribution in [1.29, 1.82) is 0 Å². The summed E-state index contributed by atoms with van der Waals surface area (Å²) in [7, 11) is 0. The molecule has 1 aromatic heterocycles. The molecule has 0 aromatic carbocycles. The summed E-state index contributed by atoms with van der Waals surface area (Å²) in [6.07, 6.45) is 1.88. The first kappa shape index (κ1) is 13.2. The number of aryl methyl sites for hydroxylation is 2. The maximum absolute atomic E-state index is 5.71. The molecule has 2 heterocycles. The molecule has 2 N–H and O–H groups in total. The van der Waals surface area contributed by atoms with E-state index in [4.69, 9.17) is 5.73 Å². The summed E-state index contributed by atoms with van der Waals surface area (Å²) in [5.41, 5.74) is 7.73. The highest BCUT2D eigenvalue weighted by Gasteiger charge is 2.21. The molecule has 0 spiro atoms. The number of nitrogens with zero attached hydrogens (tertiary/aromatic N) is 4. The van der Waals surface area contributed by atoms with E-state index in [1.165, 1.54) is 0 Å². The van der Waals surface area contributed by atoms with Crippen molar-refractivity contribution in [2.75, 3.05) is 37.6 Å². The van der Waals surface area contributed by atoms with E-state index in [0.29, 0.717) is 6.04 Å². The van der Waals surface area contributed by atoms with Gasteiger partial charge in [-0.2, -0.15) is 0 Å². The van der Waals surface area contributed by atoms with Gasteiger partial charge in [0.15, 0.2) is 0 Å². The summed E-state index contributed by atoms with van der Waals surface area (Å²) in [4.78, 5) is 13.7. The highest BCUT2D eigenvalue weighted by molar-refractivity contribution is 5.38. The molecule has 100 valence electrons. The summed E-state index contributed by atoms with van der Waals surface area (Å²) >= 11 is 0. The van der Waals surface area contributed by atoms with Crippen molar-refractivity contribution in [3.8, 4) is 0 Å². The molecular weight excluding hydrogens is 226 g/mol. The van der Waals surface area contributed by atoms with E-state index < -0.39 is 0 Å². The van der Waals surface area contributed by atoms with Crippen LogP contribution >= 0.6 is 0 Å². The molecule has 1 atom stereocenters. The first-order valence-corrected chi connectivity index (χ1v) is 6.61. The number of aromatic nitrogens is 2. The summed E-state index contributed by atoms with van der Waals surface area (Å²) in [6.45, 7) is 11.0. The molecule has 18 heavy (non-hydrogen) atoms. The van der Waals surface area contributed by atoms with Gasteiger partial charge < -0.3 is 10.6 Å². The standard InChI is InChI=1S/C13H23N5/c1-10(8-14)17-4-6-18(7-5-17)13-9-15-11(2)12(3)16-13/h9-10H,4-8,14H2,1-3H3. The lowest BCUT2D eigenvalue weighted by Gasteiger charge is -2.38. The number of anilines is 1. The van der Waals surface area contributed by atoms with Crippen molar-refractivity contribution in [3.05, 3.63) is 17.6 Å². The maximum atomic E-state index is 5.71. The van der Waals surface area contributed by atoms with E-state index in [9.17, 15) is 0 Å². The smallest absolute Gasteiger partial charge is 0.147 e. The van der Waals surface area contributed by atoms with Gasteiger partial charge in [-0.1, -0.05) is 0 Å². The molecule has 1 fully saturated rings. The van der Waals surface area contributed by atoms with Crippen LogP contribution < -0.4 is 10.6 Å². The molecule has 1 aromatic rings. The third-order valence-corrected chi connectivity index (χ3v) is 3.78. The van der Waals surface area contributed by atoms with Crippen LogP contribution in [0.15, 0.2) is 6.20 Å². The average Bonchev–Trinajstić information content (AvgIpc) is 2.41. The zero-order valence-corrected chi connectivity index (χ0v) is 11.6. The van der Waals surface area contributed by atoms with E-state index in [2.05, 4.69) is 26.7 Å². The summed E-state index contributed by atoms with van der Waals surface area (Å²) < 4.78 is 0. The van der Waals surface area contributed by atoms with E-state index in [-0.39, 0.29) is 0 Å². The molecule has 5 nitrogen and oxygen atoms in total. The molecule has 1 unspecified atom stereocenters. The van der Waals surface area contributed by atoms with Gasteiger partial charge in [0.25, 0.3) is 0 Å². The monoisotopic (exact) mass is 249 g/mol. The number of hydrogen-bond acceptors (Lipinski definition) is 5. The highest BCUT2D eigenvalue weighted by atomic mass is 15.3. The molecule has 1 saturated heterocycles. The van der Waals surface area contributed by atoms with Crippen LogP contribution in [0, 0.1) is 13.8 Å². The third-order valence-electron chi connectivity index (χ3n) is 3.78. The van der Waals surface area contributed by atoms with Crippen LogP contribution in [-0.2, 0) is 0 Å². The Kier molecular flexibility index (Phi) is 4.14. The van der Waals surface area contributed by atoms with Gasteiger partial charge in [-0.3, -0.25) is 9.88 Å². The first-order chi connectivity index (χ1) is 8.61. The fraction of sp³-hybridized carbons (Fsp3) is 0.692. The molecule has 0 saturated carbocycles. The van der Waals surface area contributed by atoms with Crippen LogP contribution in [0.5, 0.6) is 0 Å². The predicted molar refractivity (Wildman–Crippen MR) is 73.8 cm³/mol. The van der Waals surface area contributed by atoms with Crippen LogP contribution in [0.3, 0.4) is 0 Å². The van der Waals surface area contributed by atoms with Crippen LogP contribution in [0.2, 0.25) is 0 Å². The number of hydrogen-bond donors (Lipinski definition) is 1. The van der Waals surface area contributed by atoms with Gasteiger partial charge in [0.05, 0.1) is 17.6 Å². The minimum atomic E-state index is 0.470. The number of nitrogens with two attached hydrogens (primary N) is 1. The minimum Gasteiger partial charge on any atom is -0.353 e. The summed E-state index contributed by atoms with van der Waals surface area (Å²) in [5, 5.41) is 0. The quantitative estimate of drug-likeness (QED) is 0.848. The van der Waals surface area contributed by atoms with Gasteiger partial charge in [-0.15, -0.1) is 0 Å². The van der Waals surface area contributed by atoms with Crippen LogP contribution in [0.4, 0.5) is 5.82 Å². The first-order valence-electron chi connectivity index (χ1n) is 6.61. The Morgan fingerprint density at radius 2 is 1.89 bits per heavy atom. The SMILES string of the molecule is Cc1ncc(N2CCN(C(C)CN)CC2)nc1C. The van der Waals surface area contributed by atoms with Crippen LogP contribution in [0.25, 0.3) is 0 Å². The molecule has 0 bridgehead atoms. The van der Waals surface area contributed by atoms with Gasteiger partial charge in [-0.05, 0) is 20.8 Å². The molecule has 0 amide bonds. The minimum absolute atomic E-state index is 0.470. The average molecular weight is 249 g/mol. The molecule has 0 aliphatic carbocycles. The largest absolute Gasteiger partial charge is 0.353 e. The van der Waals surface area contributed by atoms with E-state index in [0.717, 1.165) is 49.9 Å². The van der Waals surface area contributed by atoms with Crippen molar-refractivity contribution in [2.45, 2.75) is 26.8 Å². The lowest BCUT2D eigenvalue weighted by molar-refractivity contribution is 0.201. The van der Waals surface area contributed by atoms with Crippen molar-refractivity contribution in [1.82, 2.24) is 14.9 Å². The Morgan fingerprint density at radius 1 is 1.22 bits per heavy atom. The van der Waals surface area contributed by atoms with Gasteiger partial charge in [0.1, 0.15) is 5.82 Å². The predicted octanol–water partition coefficient (Wildman–Crippen LogP) is 0.563. The maximum Gasteiger partial charge on any atom is 0.147 e. The van der Waals surface area contributed by atoms with E-state index in [1.54, 1.807) is 0 Å². The van der Waals surface area contributed by atoms with Crippen molar-refractivity contribution in [3.63, 3.8) is 0 Å². The second-order valence-corrected chi connectivity index (χ2v) is 5.01. The van der Waals surface area contributed by atoms with Gasteiger partial charge in [-0.25, -0.2) is 4.98 Å². The van der Waals surface area contributed by atoms with Crippen LogP contribution in [-0.4, -0.2) is 53.6 Å². The topological polar surface area (TPSA) is 58.3 Å². The third kappa shape index (κ3) is 2.79. The lowest BCUT2D eigenvalue weighted by Crippen LogP contribution is -2.51. The lowest BCUT2D eigenvalue weighted by atomic mass is 10.2. The zero-order valence-electron chi connectivity index (χ0n) is 11.6. The van der Waals surface area contributed by atoms with Crippen LogP contribution in [0.1, 0.15) is 18.3 Å². The van der Waals surface area contributed by atoms with Crippen molar-refractivity contribution < 1.29 is 0 Å². The Hall–Kier alpha value is -1.20. The highest BCUT2D eigenvalue weighted by Crippen LogP contribution is 2.15. The van der Waals surface area contributed by atoms with Crippen molar-refractivity contribution in [2.24, 2.45) is 5.73 Å². The molecule has 5 heteroatoms. The number of rotatable bonds is 3. The van der Waals surface area contributed by atoms with Crippen molar-refractivity contribution >= 4 is 5.82 Å². The Bertz CT molecular complexity index is 398. The Morgan fingerprint density at radius 3 is 2.44 bits per heavy atom. The zero-order chi connectivity index (χ0) is 13.1. The van der Waals surface area contributed by atoms with Gasteiger partial charge >= 0.3 is 0 Å². The normalized spacial score (nSPS) is 19.0. The fourth-order valence-electron chi connectivity index (χ4n) is 2.22. The second-order valence-electron chi connectivity index (χ2n) is 5.01. The van der Waals surface area contributed by atoms with Gasteiger partial charge in [0.2, 0.25) is 0 Å². The Balaban J connectivity index is 1.99. The molecule has 2 rings (SSSR count). The summed E-state index contributed by atoms with van der Waals surface area (Å²) in [5.74, 6) is 0.998. The number of piperazine rings is 1. The summed E-state index contributed by atoms with van der Waals surface area (Å²) in [6, 6.07) is 0.470. The molecule has 0 radical (unpaired) electrons. The fourth-order valence-corrected chi connectivity index (χ4v) is 2.22. The molecule has 1 aliphatic heterocycles. The van der Waals surface area contributed by atoms with E-state index >= 15 is 0 Å². The second kappa shape index (κ2) is 5.63. The molecular formula is C13H23N5. The van der Waals surface area contributed by atoms with E-state index in [1.807, 2.05) is 20.0 Å². The Labute approximate surface area is 109 Å². The molecule has 1 aliphatic rings.